The Labute approximate surface area is 189 Å². The van der Waals surface area contributed by atoms with E-state index in [2.05, 4.69) is 10.6 Å². The van der Waals surface area contributed by atoms with Crippen LogP contribution in [0.3, 0.4) is 0 Å². The van der Waals surface area contributed by atoms with Crippen molar-refractivity contribution in [1.29, 1.82) is 0 Å². The van der Waals surface area contributed by atoms with Gasteiger partial charge in [0.15, 0.2) is 12.4 Å². The quantitative estimate of drug-likeness (QED) is 0.380. The maximum absolute atomic E-state index is 12.3. The van der Waals surface area contributed by atoms with Crippen LogP contribution in [0.4, 0.5) is 4.79 Å². The van der Waals surface area contributed by atoms with Gasteiger partial charge in [-0.25, -0.2) is 4.79 Å². The van der Waals surface area contributed by atoms with Crippen LogP contribution < -0.4 is 10.6 Å². The van der Waals surface area contributed by atoms with Crippen molar-refractivity contribution < 1.29 is 23.9 Å². The number of rotatable bonds is 9. The first kappa shape index (κ1) is 22.9. The molecule has 164 valence electrons. The Kier molecular flexibility index (Phi) is 8.28. The highest BCUT2D eigenvalue weighted by Gasteiger charge is 2.13. The largest absolute Gasteiger partial charge is 0.456 e. The number of carbonyl (C=O) groups is 4. The van der Waals surface area contributed by atoms with Crippen LogP contribution >= 0.6 is 11.3 Å². The minimum Gasteiger partial charge on any atom is -0.456 e. The van der Waals surface area contributed by atoms with Crippen molar-refractivity contribution in [3.8, 4) is 11.1 Å². The lowest BCUT2D eigenvalue weighted by Gasteiger charge is -2.07. The van der Waals surface area contributed by atoms with Crippen LogP contribution in [-0.2, 0) is 20.9 Å². The zero-order chi connectivity index (χ0) is 22.8. The molecule has 3 amide bonds. The van der Waals surface area contributed by atoms with Crippen LogP contribution in [0.25, 0.3) is 11.1 Å². The number of thiophene rings is 1. The van der Waals surface area contributed by atoms with Crippen LogP contribution in [0, 0.1) is 0 Å². The maximum Gasteiger partial charge on any atom is 0.321 e. The molecule has 8 heteroatoms. The summed E-state index contributed by atoms with van der Waals surface area (Å²) >= 11 is 1.48. The second-order valence-corrected chi connectivity index (χ2v) is 7.87. The van der Waals surface area contributed by atoms with E-state index in [1.807, 2.05) is 60.0 Å². The van der Waals surface area contributed by atoms with Gasteiger partial charge in [0.05, 0.1) is 13.0 Å². The average molecular weight is 451 g/mol. The Morgan fingerprint density at radius 2 is 1.53 bits per heavy atom. The molecule has 0 aliphatic heterocycles. The third-order valence-corrected chi connectivity index (χ3v) is 5.37. The molecule has 7 nitrogen and oxygen atoms in total. The summed E-state index contributed by atoms with van der Waals surface area (Å²) in [6.07, 6.45) is -0.191. The number of amides is 3. The molecular weight excluding hydrogens is 428 g/mol. The van der Waals surface area contributed by atoms with Gasteiger partial charge in [0.25, 0.3) is 5.91 Å². The van der Waals surface area contributed by atoms with Gasteiger partial charge in [0.2, 0.25) is 0 Å². The van der Waals surface area contributed by atoms with Gasteiger partial charge in [-0.1, -0.05) is 60.7 Å². The summed E-state index contributed by atoms with van der Waals surface area (Å²) in [5, 5.41) is 6.49. The van der Waals surface area contributed by atoms with Gasteiger partial charge in [0.1, 0.15) is 0 Å². The molecule has 0 saturated carbocycles. The first-order valence-electron chi connectivity index (χ1n) is 9.95. The summed E-state index contributed by atoms with van der Waals surface area (Å²) in [6.45, 7) is -0.295. The number of ketones is 1. The van der Waals surface area contributed by atoms with Gasteiger partial charge >= 0.3 is 12.0 Å². The molecule has 1 heterocycles. The fourth-order valence-electron chi connectivity index (χ4n) is 2.84. The number of hydrogen-bond acceptors (Lipinski definition) is 6. The zero-order valence-corrected chi connectivity index (χ0v) is 18.0. The van der Waals surface area contributed by atoms with Gasteiger partial charge in [-0.15, -0.1) is 11.3 Å². The fourth-order valence-corrected chi connectivity index (χ4v) is 3.49. The van der Waals surface area contributed by atoms with E-state index in [9.17, 15) is 19.2 Å². The number of esters is 1. The predicted octanol–water partition coefficient (Wildman–Crippen LogP) is 3.95. The number of Topliss-reactive ketones (excluding diaryl/α,β-unsaturated/α-hetero) is 1. The van der Waals surface area contributed by atoms with E-state index in [4.69, 9.17) is 4.74 Å². The predicted molar refractivity (Wildman–Crippen MR) is 121 cm³/mol. The van der Waals surface area contributed by atoms with Gasteiger partial charge in [0, 0.05) is 16.9 Å². The average Bonchev–Trinajstić information content (AvgIpc) is 3.34. The summed E-state index contributed by atoms with van der Waals surface area (Å²) in [5.41, 5.74) is 2.54. The first-order chi connectivity index (χ1) is 15.5. The smallest absolute Gasteiger partial charge is 0.321 e. The van der Waals surface area contributed by atoms with E-state index in [0.29, 0.717) is 12.1 Å². The lowest BCUT2D eigenvalue weighted by molar-refractivity contribution is -0.148. The highest BCUT2D eigenvalue weighted by Crippen LogP contribution is 2.20. The Morgan fingerprint density at radius 3 is 2.22 bits per heavy atom. The molecule has 0 spiro atoms. The molecule has 0 atom stereocenters. The number of imide groups is 1. The normalized spacial score (nSPS) is 10.2. The lowest BCUT2D eigenvalue weighted by atomic mass is 10.0. The molecule has 0 aliphatic carbocycles. The molecule has 3 rings (SSSR count). The number of ether oxygens (including phenoxy) is 1. The number of hydrogen-bond donors (Lipinski definition) is 2. The number of benzene rings is 2. The van der Waals surface area contributed by atoms with Crippen LogP contribution in [0.5, 0.6) is 0 Å². The SMILES string of the molecule is O=C(COC(=O)CCC(=O)c1ccc(-c2ccccc2)cc1)NC(=O)NCc1cccs1. The maximum atomic E-state index is 12.3. The van der Waals surface area contributed by atoms with Crippen LogP contribution in [0.15, 0.2) is 72.1 Å². The van der Waals surface area contributed by atoms with Crippen molar-refractivity contribution in [2.24, 2.45) is 0 Å². The highest BCUT2D eigenvalue weighted by molar-refractivity contribution is 7.09. The summed E-state index contributed by atoms with van der Waals surface area (Å²) in [6, 6.07) is 20.0. The highest BCUT2D eigenvalue weighted by atomic mass is 32.1. The molecule has 3 aromatic rings. The molecule has 0 aliphatic rings. The standard InChI is InChI=1S/C24H22N2O5S/c27-21(19-10-8-18(9-11-19)17-5-2-1-3-6-17)12-13-23(29)31-16-22(28)26-24(30)25-15-20-7-4-14-32-20/h1-11,14H,12-13,15-16H2,(H2,25,26,28,30). The molecule has 0 unspecified atom stereocenters. The van der Waals surface area contributed by atoms with Crippen molar-refractivity contribution in [1.82, 2.24) is 10.6 Å². The minimum absolute atomic E-state index is 0.0353. The Morgan fingerprint density at radius 1 is 0.812 bits per heavy atom. The van der Waals surface area contributed by atoms with Crippen LogP contribution in [0.2, 0.25) is 0 Å². The Balaban J connectivity index is 1.35. The van der Waals surface area contributed by atoms with Crippen molar-refractivity contribution >= 4 is 35.0 Å². The topological polar surface area (TPSA) is 102 Å². The fraction of sp³-hybridized carbons (Fsp3) is 0.167. The van der Waals surface area contributed by atoms with E-state index < -0.39 is 24.5 Å². The van der Waals surface area contributed by atoms with E-state index in [-0.39, 0.29) is 18.6 Å². The Hall–Kier alpha value is -3.78. The minimum atomic E-state index is -0.746. The van der Waals surface area contributed by atoms with E-state index in [1.54, 1.807) is 12.1 Å². The molecule has 0 fully saturated rings. The first-order valence-corrected chi connectivity index (χ1v) is 10.8. The molecule has 0 radical (unpaired) electrons. The van der Waals surface area contributed by atoms with E-state index in [0.717, 1.165) is 16.0 Å². The second kappa shape index (κ2) is 11.6. The van der Waals surface area contributed by atoms with E-state index >= 15 is 0 Å². The summed E-state index contributed by atoms with van der Waals surface area (Å²) < 4.78 is 4.84. The number of urea groups is 1. The number of nitrogens with one attached hydrogen (secondary N) is 2. The third-order valence-electron chi connectivity index (χ3n) is 4.49. The molecule has 32 heavy (non-hydrogen) atoms. The van der Waals surface area contributed by atoms with Crippen molar-refractivity contribution in [2.45, 2.75) is 19.4 Å². The van der Waals surface area contributed by atoms with Crippen molar-refractivity contribution in [3.05, 3.63) is 82.6 Å². The second-order valence-electron chi connectivity index (χ2n) is 6.84. The molecular formula is C24H22N2O5S. The third kappa shape index (κ3) is 7.17. The van der Waals surface area contributed by atoms with E-state index in [1.165, 1.54) is 11.3 Å². The Bertz CT molecular complexity index is 1060. The lowest BCUT2D eigenvalue weighted by Crippen LogP contribution is -2.41. The summed E-state index contributed by atoms with van der Waals surface area (Å²) in [4.78, 5) is 48.5. The monoisotopic (exact) mass is 450 g/mol. The van der Waals surface area contributed by atoms with Crippen LogP contribution in [-0.4, -0.2) is 30.3 Å². The molecule has 0 saturated heterocycles. The van der Waals surface area contributed by atoms with Crippen LogP contribution in [0.1, 0.15) is 28.1 Å². The summed E-state index contributed by atoms with van der Waals surface area (Å²) in [7, 11) is 0. The molecule has 0 bridgehead atoms. The molecule has 2 N–H and O–H groups in total. The van der Waals surface area contributed by atoms with Gasteiger partial charge < -0.3 is 10.1 Å². The molecule has 1 aromatic heterocycles. The van der Waals surface area contributed by atoms with Gasteiger partial charge in [-0.3, -0.25) is 19.7 Å². The van der Waals surface area contributed by atoms with Crippen molar-refractivity contribution in [2.75, 3.05) is 6.61 Å². The van der Waals surface area contributed by atoms with Gasteiger partial charge in [-0.05, 0) is 22.6 Å². The molecule has 2 aromatic carbocycles. The zero-order valence-electron chi connectivity index (χ0n) is 17.2. The van der Waals surface area contributed by atoms with Crippen molar-refractivity contribution in [3.63, 3.8) is 0 Å². The van der Waals surface area contributed by atoms with Gasteiger partial charge in [-0.2, -0.15) is 0 Å². The number of carbonyl (C=O) groups excluding carboxylic acids is 4. The summed E-state index contributed by atoms with van der Waals surface area (Å²) in [5.74, 6) is -1.63.